The molecule has 1 aromatic carbocycles. The first-order valence-corrected chi connectivity index (χ1v) is 8.22. The molecular formula is C17H12FN5OS. The number of carbonyl (C=O) groups excluding carboxylic acids is 1. The number of carbonyl (C=O) groups is 1. The summed E-state index contributed by atoms with van der Waals surface area (Å²) in [5.41, 5.74) is 1.56. The third-order valence-corrected chi connectivity index (χ3v) is 4.64. The van der Waals surface area contributed by atoms with Gasteiger partial charge in [0.05, 0.1) is 16.8 Å². The van der Waals surface area contributed by atoms with Crippen molar-refractivity contribution >= 4 is 22.9 Å². The van der Waals surface area contributed by atoms with Crippen LogP contribution in [-0.4, -0.2) is 25.7 Å². The molecule has 25 heavy (non-hydrogen) atoms. The van der Waals surface area contributed by atoms with Crippen molar-refractivity contribution < 1.29 is 9.18 Å². The van der Waals surface area contributed by atoms with Crippen molar-refractivity contribution in [2.75, 3.05) is 5.32 Å². The second-order valence-corrected chi connectivity index (χ2v) is 6.19. The van der Waals surface area contributed by atoms with Gasteiger partial charge >= 0.3 is 0 Å². The number of H-pyrrole nitrogens is 1. The van der Waals surface area contributed by atoms with Crippen molar-refractivity contribution in [3.8, 4) is 15.6 Å². The molecule has 0 aliphatic rings. The molecule has 3 aromatic heterocycles. The fourth-order valence-electron chi connectivity index (χ4n) is 2.34. The highest BCUT2D eigenvalue weighted by Gasteiger charge is 2.20. The highest BCUT2D eigenvalue weighted by molar-refractivity contribution is 7.17. The van der Waals surface area contributed by atoms with Crippen LogP contribution in [0.2, 0.25) is 0 Å². The Hall–Kier alpha value is -3.26. The molecule has 1 amide bonds. The van der Waals surface area contributed by atoms with Crippen LogP contribution in [0, 0.1) is 5.82 Å². The Morgan fingerprint density at radius 3 is 2.64 bits per heavy atom. The zero-order valence-electron chi connectivity index (χ0n) is 12.8. The summed E-state index contributed by atoms with van der Waals surface area (Å²) in [5.74, 6) is -0.682. The Morgan fingerprint density at radius 1 is 1.20 bits per heavy atom. The lowest BCUT2D eigenvalue weighted by atomic mass is 10.1. The average molecular weight is 353 g/mol. The van der Waals surface area contributed by atoms with Gasteiger partial charge in [0.1, 0.15) is 11.5 Å². The normalized spacial score (nSPS) is 10.8. The van der Waals surface area contributed by atoms with Gasteiger partial charge in [-0.25, -0.2) is 9.37 Å². The number of nitrogens with one attached hydrogen (secondary N) is 2. The molecule has 0 bridgehead atoms. The molecular weight excluding hydrogens is 341 g/mol. The maximum absolute atomic E-state index is 13.2. The minimum atomic E-state index is -0.351. The van der Waals surface area contributed by atoms with E-state index in [1.165, 1.54) is 29.7 Å². The van der Waals surface area contributed by atoms with E-state index in [0.29, 0.717) is 15.7 Å². The number of amides is 1. The van der Waals surface area contributed by atoms with E-state index in [1.54, 1.807) is 18.3 Å². The molecule has 6 nitrogen and oxygen atoms in total. The highest BCUT2D eigenvalue weighted by Crippen LogP contribution is 2.33. The maximum Gasteiger partial charge on any atom is 0.275 e. The molecule has 4 aromatic rings. The van der Waals surface area contributed by atoms with Crippen LogP contribution >= 0.6 is 11.3 Å². The molecule has 0 atom stereocenters. The van der Waals surface area contributed by atoms with Gasteiger partial charge in [-0.1, -0.05) is 23.5 Å². The molecule has 2 N–H and O–H groups in total. The van der Waals surface area contributed by atoms with Crippen molar-refractivity contribution in [2.24, 2.45) is 0 Å². The number of anilines is 1. The Labute approximate surface area is 146 Å². The maximum atomic E-state index is 13.2. The molecule has 8 heteroatoms. The summed E-state index contributed by atoms with van der Waals surface area (Å²) >= 11 is 1.36. The third kappa shape index (κ3) is 3.07. The summed E-state index contributed by atoms with van der Waals surface area (Å²) in [7, 11) is 0. The van der Waals surface area contributed by atoms with Crippen molar-refractivity contribution in [3.63, 3.8) is 0 Å². The first-order valence-electron chi connectivity index (χ1n) is 7.41. The van der Waals surface area contributed by atoms with E-state index in [2.05, 4.69) is 20.5 Å². The molecule has 0 aliphatic carbocycles. The Bertz CT molecular complexity index is 991. The van der Waals surface area contributed by atoms with Crippen LogP contribution in [-0.2, 0) is 0 Å². The number of benzene rings is 1. The molecule has 0 saturated heterocycles. The summed E-state index contributed by atoms with van der Waals surface area (Å²) in [6.45, 7) is 0. The smallest absolute Gasteiger partial charge is 0.275 e. The molecule has 3 heterocycles. The molecule has 4 rings (SSSR count). The first kappa shape index (κ1) is 15.3. The molecule has 0 spiro atoms. The topological polar surface area (TPSA) is 75.6 Å². The van der Waals surface area contributed by atoms with Crippen LogP contribution < -0.4 is 5.32 Å². The summed E-state index contributed by atoms with van der Waals surface area (Å²) in [4.78, 5) is 17.8. The van der Waals surface area contributed by atoms with Gasteiger partial charge in [-0.3, -0.25) is 9.89 Å². The lowest BCUT2D eigenvalue weighted by Gasteiger charge is -2.03. The van der Waals surface area contributed by atoms with Gasteiger partial charge in [-0.2, -0.15) is 5.10 Å². The van der Waals surface area contributed by atoms with E-state index in [-0.39, 0.29) is 17.4 Å². The van der Waals surface area contributed by atoms with Gasteiger partial charge < -0.3 is 9.88 Å². The van der Waals surface area contributed by atoms with Crippen LogP contribution in [0.5, 0.6) is 0 Å². The Morgan fingerprint density at radius 2 is 1.96 bits per heavy atom. The first-order chi connectivity index (χ1) is 12.2. The van der Waals surface area contributed by atoms with Gasteiger partial charge in [-0.05, 0) is 29.8 Å². The fraction of sp³-hybridized carbons (Fsp3) is 0. The molecule has 0 radical (unpaired) electrons. The molecule has 0 unspecified atom stereocenters. The van der Waals surface area contributed by atoms with Gasteiger partial charge in [0.25, 0.3) is 5.91 Å². The van der Waals surface area contributed by atoms with E-state index >= 15 is 0 Å². The second-order valence-electron chi connectivity index (χ2n) is 5.21. The summed E-state index contributed by atoms with van der Waals surface area (Å²) < 4.78 is 15.1. The van der Waals surface area contributed by atoms with Crippen molar-refractivity contribution in [1.29, 1.82) is 0 Å². The van der Waals surface area contributed by atoms with Crippen LogP contribution in [0.4, 0.5) is 10.1 Å². The standard InChI is InChI=1S/C17H12FN5OS/c18-12-5-3-11(4-6-12)15-14(16(24)21-13-9-19-20-10-13)22-17(25-15)23-7-1-2-8-23/h1-10H,(H,19,20)(H,21,24). The lowest BCUT2D eigenvalue weighted by molar-refractivity contribution is 0.102. The molecule has 0 fully saturated rings. The molecule has 0 aliphatic heterocycles. The van der Waals surface area contributed by atoms with E-state index < -0.39 is 0 Å². The number of halogens is 1. The van der Waals surface area contributed by atoms with E-state index in [1.807, 2.05) is 29.1 Å². The number of rotatable bonds is 4. The van der Waals surface area contributed by atoms with Crippen molar-refractivity contribution in [3.05, 3.63) is 72.7 Å². The molecule has 0 saturated carbocycles. The van der Waals surface area contributed by atoms with Gasteiger partial charge in [0.2, 0.25) is 0 Å². The van der Waals surface area contributed by atoms with Crippen molar-refractivity contribution in [1.82, 2.24) is 19.7 Å². The average Bonchev–Trinajstić information content (AvgIpc) is 3.36. The van der Waals surface area contributed by atoms with E-state index in [9.17, 15) is 9.18 Å². The predicted molar refractivity (Wildman–Crippen MR) is 93.4 cm³/mol. The van der Waals surface area contributed by atoms with E-state index in [4.69, 9.17) is 0 Å². The van der Waals surface area contributed by atoms with Gasteiger partial charge in [0.15, 0.2) is 5.13 Å². The van der Waals surface area contributed by atoms with Crippen LogP contribution in [0.1, 0.15) is 10.5 Å². The number of hydrogen-bond donors (Lipinski definition) is 2. The lowest BCUT2D eigenvalue weighted by Crippen LogP contribution is -2.13. The third-order valence-electron chi connectivity index (χ3n) is 3.52. The summed E-state index contributed by atoms with van der Waals surface area (Å²) in [6.07, 6.45) is 6.79. The number of thiazole rings is 1. The SMILES string of the molecule is O=C(Nc1cn[nH]c1)c1nc(-n2cccc2)sc1-c1ccc(F)cc1. The Balaban J connectivity index is 1.77. The van der Waals surface area contributed by atoms with Crippen LogP contribution in [0.3, 0.4) is 0 Å². The Kier molecular flexibility index (Phi) is 3.87. The highest BCUT2D eigenvalue weighted by atomic mass is 32.1. The van der Waals surface area contributed by atoms with Crippen LogP contribution in [0.15, 0.2) is 61.2 Å². The largest absolute Gasteiger partial charge is 0.318 e. The van der Waals surface area contributed by atoms with E-state index in [0.717, 1.165) is 5.56 Å². The summed E-state index contributed by atoms with van der Waals surface area (Å²) in [5, 5.41) is 9.84. The zero-order chi connectivity index (χ0) is 17.2. The van der Waals surface area contributed by atoms with Gasteiger partial charge in [-0.15, -0.1) is 0 Å². The van der Waals surface area contributed by atoms with Crippen LogP contribution in [0.25, 0.3) is 15.6 Å². The van der Waals surface area contributed by atoms with Crippen molar-refractivity contribution in [2.45, 2.75) is 0 Å². The minimum Gasteiger partial charge on any atom is -0.318 e. The minimum absolute atomic E-state index is 0.279. The monoisotopic (exact) mass is 353 g/mol. The quantitative estimate of drug-likeness (QED) is 0.587. The number of aromatic nitrogens is 4. The second kappa shape index (κ2) is 6.33. The predicted octanol–water partition coefficient (Wildman–Crippen LogP) is 3.72. The fourth-order valence-corrected chi connectivity index (χ4v) is 3.38. The molecule has 124 valence electrons. The number of nitrogens with zero attached hydrogens (tertiary/aromatic N) is 3. The number of aromatic amines is 1. The summed E-state index contributed by atoms with van der Waals surface area (Å²) in [6, 6.07) is 9.76. The number of hydrogen-bond acceptors (Lipinski definition) is 4. The zero-order valence-corrected chi connectivity index (χ0v) is 13.6. The van der Waals surface area contributed by atoms with Gasteiger partial charge in [0, 0.05) is 18.6 Å².